The quantitative estimate of drug-likeness (QED) is 0.594. The van der Waals surface area contributed by atoms with E-state index in [1.165, 1.54) is 24.3 Å². The van der Waals surface area contributed by atoms with Gasteiger partial charge in [0.05, 0.1) is 12.5 Å². The van der Waals surface area contributed by atoms with Gasteiger partial charge in [-0.25, -0.2) is 4.39 Å². The summed E-state index contributed by atoms with van der Waals surface area (Å²) in [6.07, 6.45) is 1.36. The molecule has 1 amide bonds. The Labute approximate surface area is 157 Å². The molecule has 2 aromatic rings. The molecule has 0 bridgehead atoms. The number of nitrogens with zero attached hydrogens (tertiary/aromatic N) is 1. The van der Waals surface area contributed by atoms with E-state index in [0.717, 1.165) is 0 Å². The first kappa shape index (κ1) is 18.9. The second-order valence-corrected chi connectivity index (χ2v) is 6.40. The van der Waals surface area contributed by atoms with Crippen LogP contribution in [0.2, 0.25) is 0 Å². The number of halogens is 1. The number of carbonyl (C=O) groups is 2. The second-order valence-electron chi connectivity index (χ2n) is 6.40. The molecule has 1 atom stereocenters. The normalized spacial score (nSPS) is 16.7. The van der Waals surface area contributed by atoms with E-state index in [-0.39, 0.29) is 24.2 Å². The van der Waals surface area contributed by atoms with Gasteiger partial charge in [-0.2, -0.15) is 0 Å². The van der Waals surface area contributed by atoms with Crippen LogP contribution in [0.4, 0.5) is 4.39 Å². The van der Waals surface area contributed by atoms with Crippen molar-refractivity contribution < 1.29 is 23.5 Å². The van der Waals surface area contributed by atoms with Crippen LogP contribution < -0.4 is 9.47 Å². The fraction of sp³-hybridized carbons (Fsp3) is 0.333. The number of hydrogen-bond donors (Lipinski definition) is 0. The van der Waals surface area contributed by atoms with E-state index < -0.39 is 5.92 Å². The molecule has 0 N–H and O–H groups in total. The summed E-state index contributed by atoms with van der Waals surface area (Å²) in [7, 11) is 0. The van der Waals surface area contributed by atoms with Gasteiger partial charge in [0.2, 0.25) is 0 Å². The highest BCUT2D eigenvalue weighted by atomic mass is 19.1. The lowest BCUT2D eigenvalue weighted by Crippen LogP contribution is -2.43. The Kier molecular flexibility index (Phi) is 6.06. The number of para-hydroxylation sites is 2. The first-order valence-corrected chi connectivity index (χ1v) is 9.07. The third-order valence-corrected chi connectivity index (χ3v) is 4.49. The van der Waals surface area contributed by atoms with Gasteiger partial charge in [-0.05, 0) is 56.2 Å². The van der Waals surface area contributed by atoms with E-state index in [1.807, 2.05) is 13.0 Å². The van der Waals surface area contributed by atoms with Crippen LogP contribution in [0.5, 0.6) is 11.5 Å². The van der Waals surface area contributed by atoms with Crippen molar-refractivity contribution in [3.05, 3.63) is 59.9 Å². The van der Waals surface area contributed by atoms with Gasteiger partial charge in [0.1, 0.15) is 5.82 Å². The summed E-state index contributed by atoms with van der Waals surface area (Å²) in [6, 6.07) is 12.4. The summed E-state index contributed by atoms with van der Waals surface area (Å²) >= 11 is 0. The number of ether oxygens (including phenoxy) is 2. The van der Waals surface area contributed by atoms with Crippen LogP contribution in [0.1, 0.15) is 30.1 Å². The summed E-state index contributed by atoms with van der Waals surface area (Å²) in [5.74, 6) is -0.479. The van der Waals surface area contributed by atoms with Crippen molar-refractivity contribution in [2.45, 2.75) is 19.8 Å². The lowest BCUT2D eigenvalue weighted by atomic mass is 9.97. The second kappa shape index (κ2) is 8.66. The minimum Gasteiger partial charge on any atom is -0.490 e. The van der Waals surface area contributed by atoms with Crippen LogP contribution in [0.3, 0.4) is 0 Å². The number of hydrogen-bond acceptors (Lipinski definition) is 4. The molecule has 5 nitrogen and oxygen atoms in total. The van der Waals surface area contributed by atoms with Gasteiger partial charge < -0.3 is 14.4 Å². The fourth-order valence-corrected chi connectivity index (χ4v) is 3.13. The third kappa shape index (κ3) is 4.64. The SMILES string of the molecule is CCOc1ccccc1OC(=O)C1CCCN(C(=O)c2ccc(F)cc2)C1. The highest BCUT2D eigenvalue weighted by Gasteiger charge is 2.30. The number of benzene rings is 2. The van der Waals surface area contributed by atoms with Crippen molar-refractivity contribution in [3.8, 4) is 11.5 Å². The fourth-order valence-electron chi connectivity index (χ4n) is 3.13. The summed E-state index contributed by atoms with van der Waals surface area (Å²) in [6.45, 7) is 3.18. The number of amides is 1. The Hall–Kier alpha value is -2.89. The predicted molar refractivity (Wildman–Crippen MR) is 98.3 cm³/mol. The molecule has 1 heterocycles. The van der Waals surface area contributed by atoms with Crippen LogP contribution in [0, 0.1) is 11.7 Å². The van der Waals surface area contributed by atoms with Gasteiger partial charge in [0.15, 0.2) is 11.5 Å². The predicted octanol–water partition coefficient (Wildman–Crippen LogP) is 3.68. The number of esters is 1. The molecule has 1 fully saturated rings. The van der Waals surface area contributed by atoms with Crippen LogP contribution in [0.15, 0.2) is 48.5 Å². The van der Waals surface area contributed by atoms with Gasteiger partial charge in [-0.15, -0.1) is 0 Å². The van der Waals surface area contributed by atoms with E-state index in [0.29, 0.717) is 43.1 Å². The van der Waals surface area contributed by atoms with Gasteiger partial charge in [-0.1, -0.05) is 12.1 Å². The van der Waals surface area contributed by atoms with Crippen LogP contribution in [-0.4, -0.2) is 36.5 Å². The lowest BCUT2D eigenvalue weighted by molar-refractivity contribution is -0.140. The largest absolute Gasteiger partial charge is 0.490 e. The molecule has 6 heteroatoms. The molecule has 27 heavy (non-hydrogen) atoms. The molecule has 1 unspecified atom stereocenters. The number of likely N-dealkylation sites (tertiary alicyclic amines) is 1. The van der Waals surface area contributed by atoms with Crippen LogP contribution in [-0.2, 0) is 4.79 Å². The molecule has 3 rings (SSSR count). The van der Waals surface area contributed by atoms with E-state index in [9.17, 15) is 14.0 Å². The van der Waals surface area contributed by atoms with E-state index in [4.69, 9.17) is 9.47 Å². The molecular weight excluding hydrogens is 349 g/mol. The standard InChI is InChI=1S/C21H22FNO4/c1-2-26-18-7-3-4-8-19(18)27-21(25)16-6-5-13-23(14-16)20(24)15-9-11-17(22)12-10-15/h3-4,7-12,16H,2,5-6,13-14H2,1H3. The van der Waals surface area contributed by atoms with Crippen molar-refractivity contribution in [2.24, 2.45) is 5.92 Å². The van der Waals surface area contributed by atoms with Crippen LogP contribution >= 0.6 is 0 Å². The van der Waals surface area contributed by atoms with Gasteiger partial charge in [0.25, 0.3) is 5.91 Å². The zero-order valence-corrected chi connectivity index (χ0v) is 15.2. The molecule has 1 saturated heterocycles. The van der Waals surface area contributed by atoms with Gasteiger partial charge in [0, 0.05) is 18.7 Å². The van der Waals surface area contributed by atoms with Crippen LogP contribution in [0.25, 0.3) is 0 Å². The van der Waals surface area contributed by atoms with Crippen molar-refractivity contribution in [1.82, 2.24) is 4.90 Å². The zero-order valence-electron chi connectivity index (χ0n) is 15.2. The molecule has 142 valence electrons. The Morgan fingerprint density at radius 2 is 1.81 bits per heavy atom. The maximum atomic E-state index is 13.1. The Bertz CT molecular complexity index is 806. The third-order valence-electron chi connectivity index (χ3n) is 4.49. The maximum absolute atomic E-state index is 13.1. The van der Waals surface area contributed by atoms with Gasteiger partial charge in [-0.3, -0.25) is 9.59 Å². The van der Waals surface area contributed by atoms with Crippen molar-refractivity contribution in [2.75, 3.05) is 19.7 Å². The highest BCUT2D eigenvalue weighted by molar-refractivity contribution is 5.94. The molecule has 0 aliphatic carbocycles. The number of carbonyl (C=O) groups excluding carboxylic acids is 2. The van der Waals surface area contributed by atoms with Crippen molar-refractivity contribution in [1.29, 1.82) is 0 Å². The molecule has 1 aliphatic heterocycles. The van der Waals surface area contributed by atoms with Crippen molar-refractivity contribution in [3.63, 3.8) is 0 Å². The minimum absolute atomic E-state index is 0.206. The molecule has 0 radical (unpaired) electrons. The molecular formula is C21H22FNO4. The minimum atomic E-state index is -0.405. The monoisotopic (exact) mass is 371 g/mol. The molecule has 0 aromatic heterocycles. The Balaban J connectivity index is 1.66. The lowest BCUT2D eigenvalue weighted by Gasteiger charge is -2.31. The number of rotatable bonds is 5. The topological polar surface area (TPSA) is 55.8 Å². The van der Waals surface area contributed by atoms with E-state index >= 15 is 0 Å². The summed E-state index contributed by atoms with van der Waals surface area (Å²) in [5.41, 5.74) is 0.409. The Morgan fingerprint density at radius 1 is 1.11 bits per heavy atom. The van der Waals surface area contributed by atoms with E-state index in [1.54, 1.807) is 23.1 Å². The summed E-state index contributed by atoms with van der Waals surface area (Å²) in [5, 5.41) is 0. The summed E-state index contributed by atoms with van der Waals surface area (Å²) < 4.78 is 24.1. The highest BCUT2D eigenvalue weighted by Crippen LogP contribution is 2.28. The Morgan fingerprint density at radius 3 is 2.52 bits per heavy atom. The van der Waals surface area contributed by atoms with Gasteiger partial charge >= 0.3 is 5.97 Å². The summed E-state index contributed by atoms with van der Waals surface area (Å²) in [4.78, 5) is 26.8. The first-order chi connectivity index (χ1) is 13.1. The van der Waals surface area contributed by atoms with E-state index in [2.05, 4.69) is 0 Å². The molecule has 0 spiro atoms. The molecule has 1 aliphatic rings. The van der Waals surface area contributed by atoms with Crippen molar-refractivity contribution >= 4 is 11.9 Å². The average molecular weight is 371 g/mol. The maximum Gasteiger partial charge on any atom is 0.316 e. The average Bonchev–Trinajstić information content (AvgIpc) is 2.70. The molecule has 2 aromatic carbocycles. The number of piperidine rings is 1. The first-order valence-electron chi connectivity index (χ1n) is 9.07. The molecule has 0 saturated carbocycles. The smallest absolute Gasteiger partial charge is 0.316 e. The zero-order chi connectivity index (χ0) is 19.2.